The first-order valence-corrected chi connectivity index (χ1v) is 11.2. The minimum Gasteiger partial charge on any atom is -0.460 e. The fraction of sp³-hybridized carbons (Fsp3) is 0.913. The molecule has 0 aliphatic carbocycles. The van der Waals surface area contributed by atoms with Crippen LogP contribution < -0.4 is 0 Å². The van der Waals surface area contributed by atoms with Gasteiger partial charge >= 0.3 is 5.97 Å². The first-order valence-electron chi connectivity index (χ1n) is 11.2. The van der Waals surface area contributed by atoms with Crippen LogP contribution in [-0.2, 0) is 38.0 Å². The number of Topliss-reactive ketones (excluding diaryl/α,β-unsaturated/α-hetero) is 1. The van der Waals surface area contributed by atoms with Crippen molar-refractivity contribution in [2.75, 3.05) is 53.0 Å². The molecule has 0 radical (unpaired) electrons. The highest BCUT2D eigenvalue weighted by Crippen LogP contribution is 2.09. The van der Waals surface area contributed by atoms with Gasteiger partial charge < -0.3 is 28.4 Å². The molecule has 0 heterocycles. The summed E-state index contributed by atoms with van der Waals surface area (Å²) in [6.07, 6.45) is 2.53. The standard InChI is InChI=1S/C23H44O8/c1-22(2,3)30-19-29-18-17-26-12-7-9-20(24)11-14-28-16-15-27-13-8-10-21(25)31-23(4,5)6/h7-19H2,1-6H3. The van der Waals surface area contributed by atoms with Crippen LogP contribution in [0, 0.1) is 0 Å². The molecule has 0 saturated heterocycles. The number of esters is 1. The highest BCUT2D eigenvalue weighted by atomic mass is 16.7. The van der Waals surface area contributed by atoms with E-state index in [4.69, 9.17) is 28.4 Å². The topological polar surface area (TPSA) is 89.5 Å². The summed E-state index contributed by atoms with van der Waals surface area (Å²) in [5.74, 6) is -0.0491. The summed E-state index contributed by atoms with van der Waals surface area (Å²) in [5, 5.41) is 0. The molecule has 0 aromatic rings. The van der Waals surface area contributed by atoms with Crippen molar-refractivity contribution >= 4 is 11.8 Å². The molecule has 0 amide bonds. The van der Waals surface area contributed by atoms with Gasteiger partial charge in [0.15, 0.2) is 0 Å². The molecular formula is C23H44O8. The van der Waals surface area contributed by atoms with Crippen molar-refractivity contribution < 1.29 is 38.0 Å². The lowest BCUT2D eigenvalue weighted by atomic mass is 10.2. The van der Waals surface area contributed by atoms with Crippen LogP contribution in [-0.4, -0.2) is 76.0 Å². The number of carbonyl (C=O) groups is 2. The van der Waals surface area contributed by atoms with Crippen molar-refractivity contribution in [3.05, 3.63) is 0 Å². The largest absolute Gasteiger partial charge is 0.460 e. The summed E-state index contributed by atoms with van der Waals surface area (Å²) in [5.41, 5.74) is -0.659. The predicted molar refractivity (Wildman–Crippen MR) is 118 cm³/mol. The Labute approximate surface area is 188 Å². The van der Waals surface area contributed by atoms with Crippen LogP contribution >= 0.6 is 0 Å². The van der Waals surface area contributed by atoms with E-state index in [1.165, 1.54) is 0 Å². The van der Waals surface area contributed by atoms with E-state index in [2.05, 4.69) is 0 Å². The number of rotatable bonds is 19. The summed E-state index contributed by atoms with van der Waals surface area (Å²) >= 11 is 0. The Bertz CT molecular complexity index is 465. The first kappa shape index (κ1) is 29.9. The molecule has 0 spiro atoms. The van der Waals surface area contributed by atoms with Crippen LogP contribution in [0.5, 0.6) is 0 Å². The lowest BCUT2D eigenvalue weighted by Crippen LogP contribution is -2.23. The fourth-order valence-corrected chi connectivity index (χ4v) is 2.21. The van der Waals surface area contributed by atoms with Crippen LogP contribution in [0.1, 0.15) is 73.6 Å². The minimum absolute atomic E-state index is 0.164. The molecule has 8 heteroatoms. The Morgan fingerprint density at radius 2 is 1.10 bits per heavy atom. The fourth-order valence-electron chi connectivity index (χ4n) is 2.21. The Morgan fingerprint density at radius 3 is 1.65 bits per heavy atom. The van der Waals surface area contributed by atoms with E-state index in [1.54, 1.807) is 0 Å². The van der Waals surface area contributed by atoms with Crippen LogP contribution in [0.15, 0.2) is 0 Å². The highest BCUT2D eigenvalue weighted by Gasteiger charge is 2.15. The zero-order valence-corrected chi connectivity index (χ0v) is 20.5. The smallest absolute Gasteiger partial charge is 0.306 e. The average molecular weight is 449 g/mol. The first-order chi connectivity index (χ1) is 14.5. The second-order valence-electron chi connectivity index (χ2n) is 9.20. The van der Waals surface area contributed by atoms with E-state index >= 15 is 0 Å². The molecule has 0 N–H and O–H groups in total. The van der Waals surface area contributed by atoms with E-state index in [0.717, 1.165) is 0 Å². The Kier molecular flexibility index (Phi) is 16.9. The van der Waals surface area contributed by atoms with E-state index in [9.17, 15) is 9.59 Å². The third-order valence-corrected chi connectivity index (χ3v) is 3.68. The Hall–Kier alpha value is -1.06. The molecule has 0 atom stereocenters. The van der Waals surface area contributed by atoms with Gasteiger partial charge in [-0.15, -0.1) is 0 Å². The lowest BCUT2D eigenvalue weighted by Gasteiger charge is -2.19. The highest BCUT2D eigenvalue weighted by molar-refractivity contribution is 5.78. The van der Waals surface area contributed by atoms with Crippen LogP contribution in [0.3, 0.4) is 0 Å². The normalized spacial score (nSPS) is 12.2. The molecule has 0 aliphatic rings. The van der Waals surface area contributed by atoms with Gasteiger partial charge in [0.2, 0.25) is 0 Å². The summed E-state index contributed by atoms with van der Waals surface area (Å²) in [7, 11) is 0. The van der Waals surface area contributed by atoms with Crippen molar-refractivity contribution in [3.63, 3.8) is 0 Å². The number of ketones is 1. The predicted octanol–water partition coefficient (Wildman–Crippen LogP) is 3.69. The van der Waals surface area contributed by atoms with E-state index < -0.39 is 5.60 Å². The zero-order valence-electron chi connectivity index (χ0n) is 20.5. The molecule has 0 aromatic heterocycles. The summed E-state index contributed by atoms with van der Waals surface area (Å²) < 4.78 is 32.2. The van der Waals surface area contributed by atoms with E-state index in [0.29, 0.717) is 78.4 Å². The second kappa shape index (κ2) is 17.5. The SMILES string of the molecule is CC(C)(C)OCOCCOCCCC(=O)CCOCCOCCCC(=O)OC(C)(C)C. The molecule has 184 valence electrons. The maximum absolute atomic E-state index is 11.8. The Balaban J connectivity index is 3.32. The molecule has 0 unspecified atom stereocenters. The second-order valence-corrected chi connectivity index (χ2v) is 9.20. The van der Waals surface area contributed by atoms with Crippen LogP contribution in [0.4, 0.5) is 0 Å². The Morgan fingerprint density at radius 1 is 0.581 bits per heavy atom. The molecule has 0 saturated carbocycles. The molecule has 0 rings (SSSR count). The van der Waals surface area contributed by atoms with Crippen LogP contribution in [0.2, 0.25) is 0 Å². The van der Waals surface area contributed by atoms with Crippen molar-refractivity contribution in [2.45, 2.75) is 84.8 Å². The van der Waals surface area contributed by atoms with E-state index in [1.807, 2.05) is 41.5 Å². The molecule has 8 nitrogen and oxygen atoms in total. The molecular weight excluding hydrogens is 404 g/mol. The quantitative estimate of drug-likeness (QED) is 0.168. The summed E-state index contributed by atoms with van der Waals surface area (Å²) in [6, 6.07) is 0. The van der Waals surface area contributed by atoms with Gasteiger partial charge in [0.25, 0.3) is 0 Å². The van der Waals surface area contributed by atoms with Crippen molar-refractivity contribution in [1.29, 1.82) is 0 Å². The van der Waals surface area contributed by atoms with Gasteiger partial charge in [-0.05, 0) is 54.4 Å². The maximum atomic E-state index is 11.8. The molecule has 0 aliphatic heterocycles. The summed E-state index contributed by atoms with van der Waals surface area (Å²) in [4.78, 5) is 23.3. The summed E-state index contributed by atoms with van der Waals surface area (Å²) in [6.45, 7) is 15.0. The van der Waals surface area contributed by atoms with Gasteiger partial charge in [0.05, 0.1) is 38.6 Å². The van der Waals surface area contributed by atoms with Gasteiger partial charge in [0, 0.05) is 32.5 Å². The average Bonchev–Trinajstić information content (AvgIpc) is 2.63. The lowest BCUT2D eigenvalue weighted by molar-refractivity contribution is -0.155. The van der Waals surface area contributed by atoms with Gasteiger partial charge in [-0.1, -0.05) is 0 Å². The molecule has 31 heavy (non-hydrogen) atoms. The minimum atomic E-state index is -0.452. The van der Waals surface area contributed by atoms with Crippen molar-refractivity contribution in [2.24, 2.45) is 0 Å². The molecule has 0 bridgehead atoms. The van der Waals surface area contributed by atoms with Gasteiger partial charge in [0.1, 0.15) is 18.2 Å². The van der Waals surface area contributed by atoms with Gasteiger partial charge in [-0.3, -0.25) is 9.59 Å². The molecule has 0 aromatic carbocycles. The third kappa shape index (κ3) is 25.1. The monoisotopic (exact) mass is 448 g/mol. The van der Waals surface area contributed by atoms with Gasteiger partial charge in [-0.2, -0.15) is 0 Å². The van der Waals surface area contributed by atoms with Gasteiger partial charge in [-0.25, -0.2) is 0 Å². The van der Waals surface area contributed by atoms with Crippen molar-refractivity contribution in [3.8, 4) is 0 Å². The van der Waals surface area contributed by atoms with E-state index in [-0.39, 0.29) is 24.1 Å². The number of hydrogen-bond donors (Lipinski definition) is 0. The van der Waals surface area contributed by atoms with Crippen molar-refractivity contribution in [1.82, 2.24) is 0 Å². The maximum Gasteiger partial charge on any atom is 0.306 e. The number of hydrogen-bond acceptors (Lipinski definition) is 8. The zero-order chi connectivity index (χ0) is 23.6. The third-order valence-electron chi connectivity index (χ3n) is 3.68. The number of ether oxygens (including phenoxy) is 6. The molecule has 0 fully saturated rings. The number of carbonyl (C=O) groups excluding carboxylic acids is 2. The van der Waals surface area contributed by atoms with Crippen LogP contribution in [0.25, 0.3) is 0 Å².